The third kappa shape index (κ3) is 3.48. The van der Waals surface area contributed by atoms with E-state index in [0.717, 1.165) is 22.6 Å². The van der Waals surface area contributed by atoms with Gasteiger partial charge in [-0.1, -0.05) is 35.9 Å². The number of hydrogen-bond acceptors (Lipinski definition) is 3. The summed E-state index contributed by atoms with van der Waals surface area (Å²) in [5.41, 5.74) is 3.65. The molecule has 0 saturated heterocycles. The molecule has 1 amide bonds. The van der Waals surface area contributed by atoms with E-state index >= 15 is 0 Å². The van der Waals surface area contributed by atoms with Crippen molar-refractivity contribution in [1.82, 2.24) is 0 Å². The predicted octanol–water partition coefficient (Wildman–Crippen LogP) is 3.69. The van der Waals surface area contributed by atoms with Crippen molar-refractivity contribution in [3.05, 3.63) is 59.2 Å². The number of hydrogen-bond donors (Lipinski definition) is 0. The number of ether oxygens (including phenoxy) is 1. The number of carbonyl (C=O) groups excluding carboxylic acids is 2. The highest BCUT2D eigenvalue weighted by molar-refractivity contribution is 6.01. The minimum absolute atomic E-state index is 0.000996. The lowest BCUT2D eigenvalue weighted by atomic mass is 10.0. The second-order valence-corrected chi connectivity index (χ2v) is 6.15. The Hall–Kier alpha value is -2.62. The Bertz CT molecular complexity index is 765. The van der Waals surface area contributed by atoms with E-state index in [1.54, 1.807) is 4.90 Å². The molecule has 2 aromatic carbocycles. The van der Waals surface area contributed by atoms with Crippen LogP contribution in [0.3, 0.4) is 0 Å². The molecule has 0 saturated carbocycles. The van der Waals surface area contributed by atoms with Gasteiger partial charge in [0.1, 0.15) is 12.4 Å². The molecule has 1 aliphatic rings. The fourth-order valence-electron chi connectivity index (χ4n) is 2.83. The highest BCUT2D eigenvalue weighted by Crippen LogP contribution is 2.32. The van der Waals surface area contributed by atoms with Gasteiger partial charge in [0.05, 0.1) is 12.2 Å². The van der Waals surface area contributed by atoms with Crippen LogP contribution in [0.15, 0.2) is 42.5 Å². The summed E-state index contributed by atoms with van der Waals surface area (Å²) in [6, 6.07) is 13.3. The summed E-state index contributed by atoms with van der Waals surface area (Å²) in [5.74, 6) is 0.691. The van der Waals surface area contributed by atoms with Gasteiger partial charge in [-0.15, -0.1) is 0 Å². The van der Waals surface area contributed by atoms with Crippen LogP contribution in [0.5, 0.6) is 5.75 Å². The van der Waals surface area contributed by atoms with Crippen LogP contribution in [0.1, 0.15) is 34.3 Å². The van der Waals surface area contributed by atoms with Gasteiger partial charge in [-0.2, -0.15) is 0 Å². The van der Waals surface area contributed by atoms with Gasteiger partial charge in [0.2, 0.25) is 5.91 Å². The molecule has 4 heteroatoms. The lowest BCUT2D eigenvalue weighted by Gasteiger charge is -2.30. The number of nitrogens with zero attached hydrogens (tertiary/aromatic N) is 1. The minimum Gasteiger partial charge on any atom is -0.490 e. The quantitative estimate of drug-likeness (QED) is 0.806. The summed E-state index contributed by atoms with van der Waals surface area (Å²) in [6.07, 6.45) is 0.431. The fraction of sp³-hybridized carbons (Fsp3) is 0.300. The summed E-state index contributed by atoms with van der Waals surface area (Å²) < 4.78 is 5.60. The highest BCUT2D eigenvalue weighted by Gasteiger charge is 2.24. The third-order valence-electron chi connectivity index (χ3n) is 4.22. The van der Waals surface area contributed by atoms with Crippen LogP contribution in [-0.2, 0) is 4.79 Å². The fourth-order valence-corrected chi connectivity index (χ4v) is 2.83. The zero-order valence-corrected chi connectivity index (χ0v) is 14.0. The molecule has 1 aliphatic heterocycles. The van der Waals surface area contributed by atoms with Crippen LogP contribution in [0.25, 0.3) is 0 Å². The first-order valence-corrected chi connectivity index (χ1v) is 8.18. The Kier molecular flexibility index (Phi) is 4.65. The second kappa shape index (κ2) is 6.87. The first-order valence-electron chi connectivity index (χ1n) is 8.18. The Morgan fingerprint density at radius 3 is 2.46 bits per heavy atom. The number of aryl methyl sites for hydroxylation is 2. The van der Waals surface area contributed by atoms with Gasteiger partial charge < -0.3 is 9.64 Å². The smallest absolute Gasteiger partial charge is 0.227 e. The third-order valence-corrected chi connectivity index (χ3v) is 4.22. The van der Waals surface area contributed by atoms with Crippen molar-refractivity contribution in [2.75, 3.05) is 18.1 Å². The zero-order valence-electron chi connectivity index (χ0n) is 14.0. The van der Waals surface area contributed by atoms with Crippen LogP contribution in [-0.4, -0.2) is 24.8 Å². The van der Waals surface area contributed by atoms with Gasteiger partial charge >= 0.3 is 0 Å². The summed E-state index contributed by atoms with van der Waals surface area (Å²) in [6.45, 7) is 4.97. The number of fused-ring (bicyclic) bond motifs is 1. The summed E-state index contributed by atoms with van der Waals surface area (Å²) in [4.78, 5) is 26.6. The van der Waals surface area contributed by atoms with Crippen molar-refractivity contribution in [1.29, 1.82) is 0 Å². The molecule has 0 spiro atoms. The summed E-state index contributed by atoms with van der Waals surface area (Å²) >= 11 is 0. The standard InChI is InChI=1S/C20H21NO3/c1-14-3-6-16(7-4-14)18(22)8-10-20(23)21-11-12-24-19-9-5-15(2)13-17(19)21/h3-7,9,13H,8,10-12H2,1-2H3. The van der Waals surface area contributed by atoms with Crippen molar-refractivity contribution < 1.29 is 14.3 Å². The molecule has 2 aromatic rings. The first-order chi connectivity index (χ1) is 11.5. The van der Waals surface area contributed by atoms with Gasteiger partial charge in [-0.05, 0) is 31.5 Å². The molecule has 1 heterocycles. The molecule has 24 heavy (non-hydrogen) atoms. The average Bonchev–Trinajstić information content (AvgIpc) is 2.59. The van der Waals surface area contributed by atoms with E-state index in [2.05, 4.69) is 0 Å². The van der Waals surface area contributed by atoms with E-state index < -0.39 is 0 Å². The largest absolute Gasteiger partial charge is 0.490 e. The average molecular weight is 323 g/mol. The SMILES string of the molecule is Cc1ccc(C(=O)CCC(=O)N2CCOc3ccc(C)cc32)cc1. The van der Waals surface area contributed by atoms with Crippen LogP contribution >= 0.6 is 0 Å². The van der Waals surface area contributed by atoms with Gasteiger partial charge in [0, 0.05) is 18.4 Å². The zero-order chi connectivity index (χ0) is 17.1. The number of Topliss-reactive ketones (excluding diaryl/α,β-unsaturated/α-hetero) is 1. The maximum Gasteiger partial charge on any atom is 0.227 e. The summed E-state index contributed by atoms with van der Waals surface area (Å²) in [7, 11) is 0. The minimum atomic E-state index is -0.0365. The van der Waals surface area contributed by atoms with E-state index in [1.165, 1.54) is 0 Å². The normalized spacial score (nSPS) is 13.2. The molecule has 0 bridgehead atoms. The molecular weight excluding hydrogens is 302 g/mol. The molecule has 0 fully saturated rings. The number of ketones is 1. The first kappa shape index (κ1) is 16.2. The van der Waals surface area contributed by atoms with Crippen molar-refractivity contribution in [2.24, 2.45) is 0 Å². The molecule has 0 unspecified atom stereocenters. The number of carbonyl (C=O) groups is 2. The lowest BCUT2D eigenvalue weighted by molar-refractivity contribution is -0.118. The van der Waals surface area contributed by atoms with Gasteiger partial charge in [-0.25, -0.2) is 0 Å². The molecule has 0 aromatic heterocycles. The van der Waals surface area contributed by atoms with Crippen LogP contribution in [0.4, 0.5) is 5.69 Å². The summed E-state index contributed by atoms with van der Waals surface area (Å²) in [5, 5.41) is 0. The van der Waals surface area contributed by atoms with Gasteiger partial charge in [0.25, 0.3) is 0 Å². The van der Waals surface area contributed by atoms with Crippen molar-refractivity contribution >= 4 is 17.4 Å². The molecule has 124 valence electrons. The Morgan fingerprint density at radius 1 is 1.00 bits per heavy atom. The molecular formula is C20H21NO3. The molecule has 4 nitrogen and oxygen atoms in total. The predicted molar refractivity (Wildman–Crippen MR) is 93.8 cm³/mol. The topological polar surface area (TPSA) is 46.6 Å². The van der Waals surface area contributed by atoms with Crippen LogP contribution in [0, 0.1) is 13.8 Å². The number of anilines is 1. The van der Waals surface area contributed by atoms with E-state index in [1.807, 2.05) is 56.3 Å². The van der Waals surface area contributed by atoms with Gasteiger partial charge in [-0.3, -0.25) is 9.59 Å². The molecule has 0 radical (unpaired) electrons. The Labute approximate surface area is 142 Å². The van der Waals surface area contributed by atoms with E-state index in [9.17, 15) is 9.59 Å². The highest BCUT2D eigenvalue weighted by atomic mass is 16.5. The Morgan fingerprint density at radius 2 is 1.71 bits per heavy atom. The molecule has 0 aliphatic carbocycles. The van der Waals surface area contributed by atoms with E-state index in [4.69, 9.17) is 4.74 Å². The van der Waals surface area contributed by atoms with Crippen LogP contribution < -0.4 is 9.64 Å². The number of amides is 1. The van der Waals surface area contributed by atoms with E-state index in [0.29, 0.717) is 18.7 Å². The van der Waals surface area contributed by atoms with Crippen molar-refractivity contribution in [3.8, 4) is 5.75 Å². The van der Waals surface area contributed by atoms with Gasteiger partial charge in [0.15, 0.2) is 5.78 Å². The molecule has 3 rings (SSSR count). The number of benzene rings is 2. The van der Waals surface area contributed by atoms with Crippen LogP contribution in [0.2, 0.25) is 0 Å². The van der Waals surface area contributed by atoms with Crippen molar-refractivity contribution in [3.63, 3.8) is 0 Å². The Balaban J connectivity index is 1.67. The number of rotatable bonds is 4. The second-order valence-electron chi connectivity index (χ2n) is 6.15. The maximum absolute atomic E-state index is 12.6. The maximum atomic E-state index is 12.6. The van der Waals surface area contributed by atoms with Crippen molar-refractivity contribution in [2.45, 2.75) is 26.7 Å². The lowest BCUT2D eigenvalue weighted by Crippen LogP contribution is -2.38. The monoisotopic (exact) mass is 323 g/mol. The molecule has 0 atom stereocenters. The van der Waals surface area contributed by atoms with E-state index in [-0.39, 0.29) is 24.5 Å². The molecule has 0 N–H and O–H groups in total.